The molecular formula is C21H15Cl2N3O4. The maximum atomic E-state index is 12.2. The SMILES string of the molecule is N#CC1=NN(c2cc(Cl)c(OC3=CCC(=O)C(C4CCC4)=C3)c(Cl)c2)C(=O)CC1=O. The minimum absolute atomic E-state index is 0.101. The minimum Gasteiger partial charge on any atom is -0.455 e. The quantitative estimate of drug-likeness (QED) is 0.650. The van der Waals surface area contributed by atoms with Crippen molar-refractivity contribution < 1.29 is 19.1 Å². The van der Waals surface area contributed by atoms with E-state index < -0.39 is 18.1 Å². The predicted molar refractivity (Wildman–Crippen MR) is 110 cm³/mol. The number of hydrazone groups is 1. The molecule has 9 heteroatoms. The Hall–Kier alpha value is -2.95. The molecule has 152 valence electrons. The summed E-state index contributed by atoms with van der Waals surface area (Å²) in [4.78, 5) is 36.0. The molecule has 0 unspecified atom stereocenters. The van der Waals surface area contributed by atoms with E-state index in [-0.39, 0.29) is 45.3 Å². The van der Waals surface area contributed by atoms with E-state index in [0.717, 1.165) is 29.8 Å². The highest BCUT2D eigenvalue weighted by Gasteiger charge is 2.31. The second kappa shape index (κ2) is 8.05. The summed E-state index contributed by atoms with van der Waals surface area (Å²) < 4.78 is 5.87. The molecule has 1 aromatic rings. The summed E-state index contributed by atoms with van der Waals surface area (Å²) in [5.74, 6) is -0.193. The number of nitriles is 1. The smallest absolute Gasteiger partial charge is 0.255 e. The van der Waals surface area contributed by atoms with Gasteiger partial charge in [0.05, 0.1) is 22.2 Å². The van der Waals surface area contributed by atoms with Gasteiger partial charge in [-0.3, -0.25) is 14.4 Å². The van der Waals surface area contributed by atoms with Crippen molar-refractivity contribution >= 4 is 52.1 Å². The number of carbonyl (C=O) groups is 3. The number of ketones is 2. The zero-order valence-electron chi connectivity index (χ0n) is 15.7. The van der Waals surface area contributed by atoms with Crippen LogP contribution in [0.4, 0.5) is 5.69 Å². The monoisotopic (exact) mass is 443 g/mol. The van der Waals surface area contributed by atoms with Crippen LogP contribution in [0.15, 0.2) is 40.7 Å². The Labute approximate surface area is 182 Å². The first-order valence-corrected chi connectivity index (χ1v) is 10.1. The van der Waals surface area contributed by atoms with Crippen molar-refractivity contribution in [3.8, 4) is 11.8 Å². The van der Waals surface area contributed by atoms with Gasteiger partial charge in [-0.15, -0.1) is 0 Å². The third-order valence-corrected chi connectivity index (χ3v) is 5.78. The average molecular weight is 444 g/mol. The summed E-state index contributed by atoms with van der Waals surface area (Å²) in [7, 11) is 0. The molecule has 0 aromatic heterocycles. The second-order valence-electron chi connectivity index (χ2n) is 7.17. The first kappa shape index (κ1) is 20.3. The molecule has 1 fully saturated rings. The molecule has 1 aromatic carbocycles. The molecule has 30 heavy (non-hydrogen) atoms. The average Bonchev–Trinajstić information content (AvgIpc) is 2.65. The highest BCUT2D eigenvalue weighted by Crippen LogP contribution is 2.41. The summed E-state index contributed by atoms with van der Waals surface area (Å²) in [5, 5.41) is 13.9. The number of halogens is 2. The van der Waals surface area contributed by atoms with E-state index in [1.54, 1.807) is 18.2 Å². The number of benzene rings is 1. The van der Waals surface area contributed by atoms with Crippen LogP contribution in [0.25, 0.3) is 0 Å². The molecule has 1 saturated carbocycles. The molecule has 0 spiro atoms. The fourth-order valence-corrected chi connectivity index (χ4v) is 3.97. The third-order valence-electron chi connectivity index (χ3n) is 5.22. The molecule has 0 radical (unpaired) electrons. The van der Waals surface area contributed by atoms with E-state index in [2.05, 4.69) is 5.10 Å². The number of hydrogen-bond acceptors (Lipinski definition) is 6. The zero-order valence-corrected chi connectivity index (χ0v) is 17.2. The normalized spacial score (nSPS) is 19.6. The van der Waals surface area contributed by atoms with Gasteiger partial charge >= 0.3 is 0 Å². The summed E-state index contributed by atoms with van der Waals surface area (Å²) in [6.45, 7) is 0. The first-order chi connectivity index (χ1) is 14.4. The molecule has 7 nitrogen and oxygen atoms in total. The number of allylic oxidation sites excluding steroid dienone is 3. The fourth-order valence-electron chi connectivity index (χ4n) is 3.42. The largest absolute Gasteiger partial charge is 0.455 e. The number of hydrogen-bond donors (Lipinski definition) is 0. The van der Waals surface area contributed by atoms with Crippen LogP contribution >= 0.6 is 23.2 Å². The van der Waals surface area contributed by atoms with Crippen LogP contribution in [0.1, 0.15) is 32.1 Å². The number of rotatable bonds is 4. The molecule has 1 amide bonds. The van der Waals surface area contributed by atoms with Crippen molar-refractivity contribution in [2.45, 2.75) is 32.1 Å². The number of amides is 1. The zero-order chi connectivity index (χ0) is 21.4. The Balaban J connectivity index is 1.61. The summed E-state index contributed by atoms with van der Waals surface area (Å²) in [5.41, 5.74) is 0.610. The predicted octanol–water partition coefficient (Wildman–Crippen LogP) is 4.14. The third kappa shape index (κ3) is 3.76. The topological polar surface area (TPSA) is 99.8 Å². The van der Waals surface area contributed by atoms with Gasteiger partial charge in [-0.2, -0.15) is 15.4 Å². The molecular weight excluding hydrogens is 429 g/mol. The van der Waals surface area contributed by atoms with E-state index in [1.807, 2.05) is 0 Å². The van der Waals surface area contributed by atoms with Crippen molar-refractivity contribution in [2.75, 3.05) is 5.01 Å². The van der Waals surface area contributed by atoms with Gasteiger partial charge in [0.2, 0.25) is 11.5 Å². The summed E-state index contributed by atoms with van der Waals surface area (Å²) >= 11 is 12.7. The maximum absolute atomic E-state index is 12.2. The lowest BCUT2D eigenvalue weighted by atomic mass is 9.76. The minimum atomic E-state index is -0.635. The van der Waals surface area contributed by atoms with Crippen molar-refractivity contribution in [2.24, 2.45) is 11.0 Å². The lowest BCUT2D eigenvalue weighted by Crippen LogP contribution is -2.36. The van der Waals surface area contributed by atoms with Crippen LogP contribution in [-0.2, 0) is 14.4 Å². The van der Waals surface area contributed by atoms with Crippen molar-refractivity contribution in [1.29, 1.82) is 5.26 Å². The maximum Gasteiger partial charge on any atom is 0.255 e. The van der Waals surface area contributed by atoms with Gasteiger partial charge in [0.25, 0.3) is 5.91 Å². The Morgan fingerprint density at radius 2 is 1.83 bits per heavy atom. The molecule has 0 bridgehead atoms. The lowest BCUT2D eigenvalue weighted by molar-refractivity contribution is -0.124. The summed E-state index contributed by atoms with van der Waals surface area (Å²) in [6, 6.07) is 4.50. The molecule has 3 aliphatic rings. The Morgan fingerprint density at radius 1 is 1.13 bits per heavy atom. The van der Waals surface area contributed by atoms with Crippen LogP contribution in [0.2, 0.25) is 10.0 Å². The Kier molecular flexibility index (Phi) is 5.46. The molecule has 1 heterocycles. The highest BCUT2D eigenvalue weighted by atomic mass is 35.5. The van der Waals surface area contributed by atoms with Crippen LogP contribution in [0.5, 0.6) is 5.75 Å². The number of nitrogens with zero attached hydrogens (tertiary/aromatic N) is 3. The molecule has 0 atom stereocenters. The van der Waals surface area contributed by atoms with Gasteiger partial charge in [-0.1, -0.05) is 29.6 Å². The van der Waals surface area contributed by atoms with Crippen LogP contribution in [0, 0.1) is 17.2 Å². The number of Topliss-reactive ketones (excluding diaryl/α,β-unsaturated/α-hetero) is 2. The molecule has 0 saturated heterocycles. The molecule has 2 aliphatic carbocycles. The van der Waals surface area contributed by atoms with Crippen molar-refractivity contribution in [3.63, 3.8) is 0 Å². The molecule has 4 rings (SSSR count). The fraction of sp³-hybridized carbons (Fsp3) is 0.286. The second-order valence-corrected chi connectivity index (χ2v) is 7.98. The van der Waals surface area contributed by atoms with Gasteiger partial charge in [0.1, 0.15) is 11.8 Å². The van der Waals surface area contributed by atoms with E-state index in [4.69, 9.17) is 33.2 Å². The van der Waals surface area contributed by atoms with Gasteiger partial charge in [-0.05, 0) is 43.0 Å². The lowest BCUT2D eigenvalue weighted by Gasteiger charge is -2.29. The molecule has 0 N–H and O–H groups in total. The van der Waals surface area contributed by atoms with Gasteiger partial charge in [-0.25, -0.2) is 0 Å². The summed E-state index contributed by atoms with van der Waals surface area (Å²) in [6.07, 6.45) is 6.32. The number of carbonyl (C=O) groups excluding carboxylic acids is 3. The van der Waals surface area contributed by atoms with Crippen LogP contribution < -0.4 is 9.75 Å². The van der Waals surface area contributed by atoms with Gasteiger partial charge in [0, 0.05) is 12.0 Å². The Bertz CT molecular complexity index is 1090. The van der Waals surface area contributed by atoms with Crippen molar-refractivity contribution in [3.05, 3.63) is 45.7 Å². The highest BCUT2D eigenvalue weighted by molar-refractivity contribution is 6.50. The van der Waals surface area contributed by atoms with Crippen molar-refractivity contribution in [1.82, 2.24) is 0 Å². The number of ether oxygens (including phenoxy) is 1. The van der Waals surface area contributed by atoms with E-state index in [9.17, 15) is 14.4 Å². The van der Waals surface area contributed by atoms with E-state index in [0.29, 0.717) is 5.76 Å². The Morgan fingerprint density at radius 3 is 2.43 bits per heavy atom. The van der Waals surface area contributed by atoms with Gasteiger partial charge < -0.3 is 4.74 Å². The molecule has 1 aliphatic heterocycles. The van der Waals surface area contributed by atoms with Crippen LogP contribution in [0.3, 0.4) is 0 Å². The number of anilines is 1. The first-order valence-electron chi connectivity index (χ1n) is 9.34. The van der Waals surface area contributed by atoms with Crippen LogP contribution in [-0.4, -0.2) is 23.2 Å². The van der Waals surface area contributed by atoms with E-state index in [1.165, 1.54) is 12.1 Å². The van der Waals surface area contributed by atoms with Gasteiger partial charge in [0.15, 0.2) is 11.5 Å². The standard InChI is InChI=1S/C21H15Cl2N3O4/c22-15-6-12(26-20(29)9-19(28)17(10-24)25-26)7-16(23)21(15)30-13-4-5-18(27)14(8-13)11-2-1-3-11/h4,6-8,11H,1-3,5,9H2. The van der Waals surface area contributed by atoms with E-state index >= 15 is 0 Å².